The monoisotopic (exact) mass is 222 g/mol. The molecular formula is C14H19FO. The van der Waals surface area contributed by atoms with Crippen LogP contribution in [0.5, 0.6) is 5.75 Å². The standard InChI is InChI=1S/C14H19FO/c1-11-6-5-9-13(15)14(11)16-10-12-7-3-2-4-8-12/h5-6,9,12H,2-4,7-8,10H2,1H3. The highest BCUT2D eigenvalue weighted by atomic mass is 19.1. The molecule has 1 aliphatic rings. The van der Waals surface area contributed by atoms with Gasteiger partial charge in [0, 0.05) is 0 Å². The first kappa shape index (κ1) is 11.4. The summed E-state index contributed by atoms with van der Waals surface area (Å²) >= 11 is 0. The van der Waals surface area contributed by atoms with Crippen LogP contribution in [0.2, 0.25) is 0 Å². The van der Waals surface area contributed by atoms with Crippen molar-refractivity contribution in [2.75, 3.05) is 6.61 Å². The topological polar surface area (TPSA) is 9.23 Å². The number of aryl methyl sites for hydroxylation is 1. The van der Waals surface area contributed by atoms with E-state index in [0.717, 1.165) is 5.56 Å². The molecule has 1 aliphatic carbocycles. The average Bonchev–Trinajstić information content (AvgIpc) is 2.30. The van der Waals surface area contributed by atoms with Gasteiger partial charge in [-0.2, -0.15) is 0 Å². The van der Waals surface area contributed by atoms with Gasteiger partial charge in [0.25, 0.3) is 0 Å². The summed E-state index contributed by atoms with van der Waals surface area (Å²) in [6.45, 7) is 2.56. The van der Waals surface area contributed by atoms with Crippen LogP contribution in [-0.2, 0) is 0 Å². The maximum atomic E-state index is 13.5. The van der Waals surface area contributed by atoms with E-state index in [1.165, 1.54) is 38.2 Å². The molecule has 0 radical (unpaired) electrons. The fourth-order valence-electron chi connectivity index (χ4n) is 2.35. The normalized spacial score (nSPS) is 17.4. The summed E-state index contributed by atoms with van der Waals surface area (Å²) in [5.74, 6) is 0.816. The molecule has 2 rings (SSSR count). The minimum atomic E-state index is -0.240. The lowest BCUT2D eigenvalue weighted by atomic mass is 9.90. The van der Waals surface area contributed by atoms with Gasteiger partial charge < -0.3 is 4.74 Å². The largest absolute Gasteiger partial charge is 0.490 e. The molecule has 2 heteroatoms. The smallest absolute Gasteiger partial charge is 0.165 e. The third kappa shape index (κ3) is 2.75. The molecule has 0 spiro atoms. The van der Waals surface area contributed by atoms with Gasteiger partial charge in [-0.3, -0.25) is 0 Å². The lowest BCUT2D eigenvalue weighted by molar-refractivity contribution is 0.201. The van der Waals surface area contributed by atoms with Crippen LogP contribution in [-0.4, -0.2) is 6.61 Å². The Hall–Kier alpha value is -1.05. The second-order valence-corrected chi connectivity index (χ2v) is 4.70. The lowest BCUT2D eigenvalue weighted by Gasteiger charge is -2.22. The average molecular weight is 222 g/mol. The van der Waals surface area contributed by atoms with E-state index >= 15 is 0 Å². The second kappa shape index (κ2) is 5.33. The summed E-state index contributed by atoms with van der Waals surface area (Å²) < 4.78 is 19.1. The van der Waals surface area contributed by atoms with Crippen LogP contribution < -0.4 is 4.74 Å². The number of halogens is 1. The number of ether oxygens (including phenoxy) is 1. The molecule has 0 atom stereocenters. The highest BCUT2D eigenvalue weighted by Gasteiger charge is 2.15. The van der Waals surface area contributed by atoms with Gasteiger partial charge in [0.2, 0.25) is 0 Å². The van der Waals surface area contributed by atoms with E-state index in [2.05, 4.69) is 0 Å². The molecule has 1 fully saturated rings. The molecule has 1 aromatic rings. The van der Waals surface area contributed by atoms with E-state index in [1.54, 1.807) is 6.07 Å². The zero-order chi connectivity index (χ0) is 11.4. The van der Waals surface area contributed by atoms with Crippen LogP contribution in [0.4, 0.5) is 4.39 Å². The Bertz CT molecular complexity index is 322. The molecule has 0 heterocycles. The predicted molar refractivity (Wildman–Crippen MR) is 63.2 cm³/mol. The SMILES string of the molecule is Cc1cccc(F)c1OCC1CCCCC1. The van der Waals surface area contributed by atoms with Crippen molar-refractivity contribution in [2.45, 2.75) is 39.0 Å². The Morgan fingerprint density at radius 3 is 2.69 bits per heavy atom. The fourth-order valence-corrected chi connectivity index (χ4v) is 2.35. The van der Waals surface area contributed by atoms with Crippen LogP contribution in [0.1, 0.15) is 37.7 Å². The molecule has 1 aromatic carbocycles. The van der Waals surface area contributed by atoms with Crippen molar-refractivity contribution in [3.05, 3.63) is 29.6 Å². The minimum Gasteiger partial charge on any atom is -0.490 e. The minimum absolute atomic E-state index is 0.240. The molecule has 1 nitrogen and oxygen atoms in total. The molecule has 1 saturated carbocycles. The van der Waals surface area contributed by atoms with Gasteiger partial charge >= 0.3 is 0 Å². The first-order valence-corrected chi connectivity index (χ1v) is 6.15. The zero-order valence-corrected chi connectivity index (χ0v) is 9.84. The van der Waals surface area contributed by atoms with Crippen LogP contribution in [0, 0.1) is 18.7 Å². The van der Waals surface area contributed by atoms with Crippen LogP contribution in [0.15, 0.2) is 18.2 Å². The number of hydrogen-bond acceptors (Lipinski definition) is 1. The highest BCUT2D eigenvalue weighted by molar-refractivity contribution is 5.33. The van der Waals surface area contributed by atoms with Crippen LogP contribution >= 0.6 is 0 Å². The summed E-state index contributed by atoms with van der Waals surface area (Å²) in [7, 11) is 0. The summed E-state index contributed by atoms with van der Waals surface area (Å²) in [4.78, 5) is 0. The quantitative estimate of drug-likeness (QED) is 0.748. The van der Waals surface area contributed by atoms with Crippen LogP contribution in [0.3, 0.4) is 0 Å². The number of hydrogen-bond donors (Lipinski definition) is 0. The van der Waals surface area contributed by atoms with Crippen molar-refractivity contribution >= 4 is 0 Å². The molecule has 0 saturated heterocycles. The number of rotatable bonds is 3. The Labute approximate surface area is 96.6 Å². The van der Waals surface area contributed by atoms with Crippen molar-refractivity contribution in [2.24, 2.45) is 5.92 Å². The summed E-state index contributed by atoms with van der Waals surface area (Å²) in [6.07, 6.45) is 6.39. The summed E-state index contributed by atoms with van der Waals surface area (Å²) in [6, 6.07) is 5.07. The Morgan fingerprint density at radius 2 is 2.00 bits per heavy atom. The van der Waals surface area contributed by atoms with Crippen molar-refractivity contribution in [3.8, 4) is 5.75 Å². The first-order chi connectivity index (χ1) is 7.77. The molecule has 0 N–H and O–H groups in total. The molecular weight excluding hydrogens is 203 g/mol. The molecule has 16 heavy (non-hydrogen) atoms. The lowest BCUT2D eigenvalue weighted by Crippen LogP contribution is -2.16. The Morgan fingerprint density at radius 1 is 1.25 bits per heavy atom. The van der Waals surface area contributed by atoms with Gasteiger partial charge in [-0.1, -0.05) is 31.4 Å². The van der Waals surface area contributed by atoms with E-state index in [9.17, 15) is 4.39 Å². The van der Waals surface area contributed by atoms with E-state index in [4.69, 9.17) is 4.74 Å². The summed E-state index contributed by atoms with van der Waals surface area (Å²) in [5, 5.41) is 0. The van der Waals surface area contributed by atoms with Crippen molar-refractivity contribution in [3.63, 3.8) is 0 Å². The van der Waals surface area contributed by atoms with Crippen LogP contribution in [0.25, 0.3) is 0 Å². The van der Waals surface area contributed by atoms with Gasteiger partial charge in [-0.25, -0.2) is 4.39 Å². The molecule has 0 aromatic heterocycles. The molecule has 0 bridgehead atoms. The maximum Gasteiger partial charge on any atom is 0.165 e. The van der Waals surface area contributed by atoms with Gasteiger partial charge in [0.05, 0.1) is 6.61 Å². The third-order valence-corrected chi connectivity index (χ3v) is 3.35. The van der Waals surface area contributed by atoms with Gasteiger partial charge in [-0.15, -0.1) is 0 Å². The highest BCUT2D eigenvalue weighted by Crippen LogP contribution is 2.27. The van der Waals surface area contributed by atoms with E-state index < -0.39 is 0 Å². The van der Waals surface area contributed by atoms with E-state index in [-0.39, 0.29) is 5.82 Å². The van der Waals surface area contributed by atoms with E-state index in [0.29, 0.717) is 18.3 Å². The molecule has 88 valence electrons. The maximum absolute atomic E-state index is 13.5. The van der Waals surface area contributed by atoms with Gasteiger partial charge in [-0.05, 0) is 37.3 Å². The Kier molecular flexibility index (Phi) is 3.81. The van der Waals surface area contributed by atoms with Crippen molar-refractivity contribution < 1.29 is 9.13 Å². The fraction of sp³-hybridized carbons (Fsp3) is 0.571. The third-order valence-electron chi connectivity index (χ3n) is 3.35. The molecule has 0 unspecified atom stereocenters. The van der Waals surface area contributed by atoms with Crippen molar-refractivity contribution in [1.82, 2.24) is 0 Å². The van der Waals surface area contributed by atoms with Gasteiger partial charge in [0.15, 0.2) is 11.6 Å². The first-order valence-electron chi connectivity index (χ1n) is 6.15. The Balaban J connectivity index is 1.93. The van der Waals surface area contributed by atoms with E-state index in [1.807, 2.05) is 13.0 Å². The molecule has 0 aliphatic heterocycles. The zero-order valence-electron chi connectivity index (χ0n) is 9.84. The molecule has 0 amide bonds. The summed E-state index contributed by atoms with van der Waals surface area (Å²) in [5.41, 5.74) is 0.885. The predicted octanol–water partition coefficient (Wildman–Crippen LogP) is 4.09. The van der Waals surface area contributed by atoms with Crippen molar-refractivity contribution in [1.29, 1.82) is 0 Å². The number of benzene rings is 1. The van der Waals surface area contributed by atoms with Gasteiger partial charge in [0.1, 0.15) is 0 Å². The number of para-hydroxylation sites is 1. The second-order valence-electron chi connectivity index (χ2n) is 4.70.